The number of carbonyl (C=O) groups is 1. The van der Waals surface area contributed by atoms with Gasteiger partial charge in [0.05, 0.1) is 6.20 Å². The maximum atomic E-state index is 12.4. The molecule has 1 aromatic carbocycles. The van der Waals surface area contributed by atoms with Crippen LogP contribution in [0.1, 0.15) is 28.4 Å². The number of ether oxygens (including phenoxy) is 1. The first-order valence-electron chi connectivity index (χ1n) is 7.67. The monoisotopic (exact) mass is 310 g/mol. The molecule has 118 valence electrons. The molecule has 6 nitrogen and oxygen atoms in total. The van der Waals surface area contributed by atoms with Crippen molar-refractivity contribution in [2.75, 3.05) is 0 Å². The molecule has 0 unspecified atom stereocenters. The topological polar surface area (TPSA) is 60.6 Å². The first-order chi connectivity index (χ1) is 11.1. The molecule has 0 fully saturated rings. The fraction of sp³-hybridized carbons (Fsp3) is 0.294. The number of benzene rings is 1. The molecule has 3 aromatic rings. The molecule has 0 spiro atoms. The Hall–Kier alpha value is -2.76. The fourth-order valence-corrected chi connectivity index (χ4v) is 3.07. The van der Waals surface area contributed by atoms with Crippen LogP contribution in [0.25, 0.3) is 5.65 Å². The molecule has 0 saturated heterocycles. The van der Waals surface area contributed by atoms with Crippen LogP contribution in [0.5, 0.6) is 5.75 Å². The lowest BCUT2D eigenvalue weighted by Crippen LogP contribution is -2.23. The van der Waals surface area contributed by atoms with Gasteiger partial charge < -0.3 is 14.6 Å². The van der Waals surface area contributed by atoms with Crippen molar-refractivity contribution >= 4 is 11.6 Å². The predicted octanol–water partition coefficient (Wildman–Crippen LogP) is 1.93. The Balaban J connectivity index is 1.50. The molecule has 23 heavy (non-hydrogen) atoms. The minimum Gasteiger partial charge on any atom is -0.490 e. The molecule has 1 N–H and O–H groups in total. The third-order valence-corrected chi connectivity index (χ3v) is 4.19. The van der Waals surface area contributed by atoms with Crippen LogP contribution in [0.4, 0.5) is 0 Å². The number of rotatable bonds is 3. The third-order valence-electron chi connectivity index (χ3n) is 4.19. The zero-order valence-electron chi connectivity index (χ0n) is 13.1. The zero-order chi connectivity index (χ0) is 16.0. The van der Waals surface area contributed by atoms with E-state index in [1.165, 1.54) is 5.56 Å². The second kappa shape index (κ2) is 5.15. The van der Waals surface area contributed by atoms with Gasteiger partial charge in [0.2, 0.25) is 0 Å². The van der Waals surface area contributed by atoms with Crippen molar-refractivity contribution in [3.63, 3.8) is 0 Å². The van der Waals surface area contributed by atoms with Crippen molar-refractivity contribution < 1.29 is 9.53 Å². The largest absolute Gasteiger partial charge is 0.490 e. The number of aromatic nitrogens is 3. The van der Waals surface area contributed by atoms with Crippen molar-refractivity contribution in [3.05, 3.63) is 53.5 Å². The summed E-state index contributed by atoms with van der Waals surface area (Å²) in [4.78, 5) is 12.4. The maximum Gasteiger partial charge on any atom is 0.256 e. The van der Waals surface area contributed by atoms with Gasteiger partial charge in [0, 0.05) is 32.4 Å². The second-order valence-corrected chi connectivity index (χ2v) is 5.99. The van der Waals surface area contributed by atoms with Crippen molar-refractivity contribution in [2.24, 2.45) is 7.05 Å². The Morgan fingerprint density at radius 2 is 2.30 bits per heavy atom. The van der Waals surface area contributed by atoms with E-state index in [0.29, 0.717) is 12.1 Å². The summed E-state index contributed by atoms with van der Waals surface area (Å²) in [7, 11) is 1.90. The summed E-state index contributed by atoms with van der Waals surface area (Å²) in [5, 5.41) is 7.16. The van der Waals surface area contributed by atoms with Gasteiger partial charge in [-0.05, 0) is 24.1 Å². The molecule has 2 aromatic heterocycles. The van der Waals surface area contributed by atoms with Crippen LogP contribution < -0.4 is 10.1 Å². The normalized spacial score (nSPS) is 16.3. The maximum absolute atomic E-state index is 12.4. The van der Waals surface area contributed by atoms with Crippen molar-refractivity contribution in [2.45, 2.75) is 26.0 Å². The number of carbonyl (C=O) groups excluding carboxylic acids is 1. The van der Waals surface area contributed by atoms with E-state index in [1.807, 2.05) is 36.1 Å². The summed E-state index contributed by atoms with van der Waals surface area (Å²) in [6, 6.07) is 6.08. The van der Waals surface area contributed by atoms with Gasteiger partial charge in [0.15, 0.2) is 0 Å². The van der Waals surface area contributed by atoms with Gasteiger partial charge in [-0.2, -0.15) is 5.10 Å². The highest BCUT2D eigenvalue weighted by molar-refractivity contribution is 5.99. The molecule has 0 bridgehead atoms. The quantitative estimate of drug-likeness (QED) is 0.804. The smallest absolute Gasteiger partial charge is 0.256 e. The molecule has 0 aliphatic carbocycles. The third kappa shape index (κ3) is 2.36. The lowest BCUT2D eigenvalue weighted by Gasteiger charge is -2.06. The van der Waals surface area contributed by atoms with Crippen molar-refractivity contribution in [1.29, 1.82) is 0 Å². The van der Waals surface area contributed by atoms with Gasteiger partial charge in [0.1, 0.15) is 23.1 Å². The van der Waals surface area contributed by atoms with Crippen LogP contribution in [-0.2, 0) is 20.0 Å². The van der Waals surface area contributed by atoms with Crippen molar-refractivity contribution in [1.82, 2.24) is 19.5 Å². The number of hydrogen-bond donors (Lipinski definition) is 1. The van der Waals surface area contributed by atoms with E-state index in [9.17, 15) is 4.79 Å². The average Bonchev–Trinajstić information content (AvgIpc) is 3.20. The van der Waals surface area contributed by atoms with E-state index in [0.717, 1.165) is 23.4 Å². The molecule has 3 heterocycles. The molecule has 4 rings (SSSR count). The lowest BCUT2D eigenvalue weighted by atomic mass is 10.1. The Kier molecular flexibility index (Phi) is 3.11. The molecule has 1 aliphatic rings. The summed E-state index contributed by atoms with van der Waals surface area (Å²) < 4.78 is 9.28. The first-order valence-corrected chi connectivity index (χ1v) is 7.67. The van der Waals surface area contributed by atoms with Crippen LogP contribution in [0.2, 0.25) is 0 Å². The lowest BCUT2D eigenvalue weighted by molar-refractivity contribution is 0.0952. The second-order valence-electron chi connectivity index (χ2n) is 5.99. The van der Waals surface area contributed by atoms with Gasteiger partial charge >= 0.3 is 0 Å². The SMILES string of the molecule is C[C@H]1Cc2cc(CNC(=O)c3cnn4ccn(C)c34)ccc2O1. The molecule has 1 atom stereocenters. The number of imidazole rings is 1. The average molecular weight is 310 g/mol. The van der Waals surface area contributed by atoms with E-state index >= 15 is 0 Å². The Labute approximate surface area is 133 Å². The Bertz CT molecular complexity index is 893. The number of aryl methyl sites for hydroxylation is 1. The van der Waals surface area contributed by atoms with Gasteiger partial charge in [-0.25, -0.2) is 4.52 Å². The highest BCUT2D eigenvalue weighted by Gasteiger charge is 2.19. The number of hydrogen-bond acceptors (Lipinski definition) is 3. The van der Waals surface area contributed by atoms with E-state index in [2.05, 4.69) is 23.4 Å². The van der Waals surface area contributed by atoms with E-state index in [-0.39, 0.29) is 12.0 Å². The van der Waals surface area contributed by atoms with E-state index in [1.54, 1.807) is 10.7 Å². The summed E-state index contributed by atoms with van der Waals surface area (Å²) in [5.41, 5.74) is 3.65. The highest BCUT2D eigenvalue weighted by Crippen LogP contribution is 2.29. The highest BCUT2D eigenvalue weighted by atomic mass is 16.5. The van der Waals surface area contributed by atoms with E-state index in [4.69, 9.17) is 4.74 Å². The molecule has 6 heteroatoms. The van der Waals surface area contributed by atoms with Crippen LogP contribution >= 0.6 is 0 Å². The van der Waals surface area contributed by atoms with Gasteiger partial charge in [-0.3, -0.25) is 4.79 Å². The van der Waals surface area contributed by atoms with Crippen molar-refractivity contribution in [3.8, 4) is 5.75 Å². The number of nitrogens with zero attached hydrogens (tertiary/aromatic N) is 3. The summed E-state index contributed by atoms with van der Waals surface area (Å²) >= 11 is 0. The fourth-order valence-electron chi connectivity index (χ4n) is 3.07. The molecule has 1 amide bonds. The van der Waals surface area contributed by atoms with E-state index < -0.39 is 0 Å². The van der Waals surface area contributed by atoms with Crippen LogP contribution in [0, 0.1) is 0 Å². The molecule has 0 radical (unpaired) electrons. The van der Waals surface area contributed by atoms with Gasteiger partial charge in [-0.1, -0.05) is 12.1 Å². The molecule has 0 saturated carbocycles. The van der Waals surface area contributed by atoms with Crippen LogP contribution in [-0.4, -0.2) is 26.2 Å². The minimum absolute atomic E-state index is 0.119. The Morgan fingerprint density at radius 3 is 3.17 bits per heavy atom. The Morgan fingerprint density at radius 1 is 1.43 bits per heavy atom. The number of fused-ring (bicyclic) bond motifs is 2. The molecular formula is C17H18N4O2. The molecular weight excluding hydrogens is 292 g/mol. The van der Waals surface area contributed by atoms with Crippen LogP contribution in [0.3, 0.4) is 0 Å². The van der Waals surface area contributed by atoms with Gasteiger partial charge in [0.25, 0.3) is 5.91 Å². The first kappa shape index (κ1) is 13.9. The minimum atomic E-state index is -0.119. The summed E-state index contributed by atoms with van der Waals surface area (Å²) in [5.74, 6) is 0.835. The van der Waals surface area contributed by atoms with Crippen LogP contribution in [0.15, 0.2) is 36.8 Å². The van der Waals surface area contributed by atoms with Gasteiger partial charge in [-0.15, -0.1) is 0 Å². The zero-order valence-corrected chi connectivity index (χ0v) is 13.1. The number of nitrogens with one attached hydrogen (secondary N) is 1. The standard InChI is InChI=1S/C17H18N4O2/c1-11-7-13-8-12(3-4-15(13)23-11)9-18-16(22)14-10-19-21-6-5-20(2)17(14)21/h3-6,8,10-11H,7,9H2,1-2H3,(H,18,22)/t11-/m0/s1. The summed E-state index contributed by atoms with van der Waals surface area (Å²) in [6.07, 6.45) is 6.45. The predicted molar refractivity (Wildman–Crippen MR) is 85.6 cm³/mol. The molecule has 1 aliphatic heterocycles. The summed E-state index contributed by atoms with van der Waals surface area (Å²) in [6.45, 7) is 2.55. The number of amides is 1.